The molecule has 1 amide bonds. The zero-order valence-electron chi connectivity index (χ0n) is 17.8. The quantitative estimate of drug-likeness (QED) is 0.565. The van der Waals surface area contributed by atoms with Gasteiger partial charge in [0.2, 0.25) is 0 Å². The molecular formula is C27H30N2O. The van der Waals surface area contributed by atoms with Gasteiger partial charge in [0.25, 0.3) is 5.91 Å². The van der Waals surface area contributed by atoms with Gasteiger partial charge in [-0.1, -0.05) is 61.5 Å². The van der Waals surface area contributed by atoms with E-state index in [4.69, 9.17) is 0 Å². The Kier molecular flexibility index (Phi) is 6.18. The number of anilines is 1. The van der Waals surface area contributed by atoms with Crippen molar-refractivity contribution in [1.29, 1.82) is 0 Å². The van der Waals surface area contributed by atoms with Crippen molar-refractivity contribution in [2.75, 3.05) is 18.0 Å². The van der Waals surface area contributed by atoms with Crippen molar-refractivity contribution >= 4 is 11.6 Å². The largest absolute Gasteiger partial charge is 0.371 e. The summed E-state index contributed by atoms with van der Waals surface area (Å²) in [5.74, 6) is 0.709. The molecule has 0 radical (unpaired) electrons. The summed E-state index contributed by atoms with van der Waals surface area (Å²) in [6.07, 6.45) is 2.59. The van der Waals surface area contributed by atoms with E-state index in [0.717, 1.165) is 35.7 Å². The summed E-state index contributed by atoms with van der Waals surface area (Å²) >= 11 is 0. The Hall–Kier alpha value is -3.07. The Morgan fingerprint density at radius 3 is 2.27 bits per heavy atom. The molecule has 4 rings (SSSR count). The number of piperidine rings is 1. The average Bonchev–Trinajstić information content (AvgIpc) is 2.80. The lowest BCUT2D eigenvalue weighted by molar-refractivity contribution is 0.0940. The van der Waals surface area contributed by atoms with Crippen LogP contribution in [-0.4, -0.2) is 19.0 Å². The molecule has 0 aromatic heterocycles. The highest BCUT2D eigenvalue weighted by Crippen LogP contribution is 2.25. The zero-order valence-corrected chi connectivity index (χ0v) is 17.8. The molecule has 1 fully saturated rings. The number of hydrogen-bond acceptors (Lipinski definition) is 2. The van der Waals surface area contributed by atoms with Crippen molar-refractivity contribution in [3.05, 3.63) is 90.0 Å². The third kappa shape index (κ3) is 4.73. The molecule has 3 nitrogen and oxygen atoms in total. The van der Waals surface area contributed by atoms with Gasteiger partial charge in [0.05, 0.1) is 6.04 Å². The van der Waals surface area contributed by atoms with Crippen LogP contribution in [0.5, 0.6) is 0 Å². The number of amides is 1. The highest BCUT2D eigenvalue weighted by Gasteiger charge is 2.17. The number of rotatable bonds is 5. The Balaban J connectivity index is 1.38. The third-order valence-corrected chi connectivity index (χ3v) is 6.02. The number of benzene rings is 3. The Bertz CT molecular complexity index is 964. The fourth-order valence-electron chi connectivity index (χ4n) is 4.21. The molecule has 0 unspecified atom stereocenters. The molecule has 0 saturated carbocycles. The first-order valence-corrected chi connectivity index (χ1v) is 10.9. The van der Waals surface area contributed by atoms with Crippen LogP contribution in [0.2, 0.25) is 0 Å². The van der Waals surface area contributed by atoms with E-state index >= 15 is 0 Å². The van der Waals surface area contributed by atoms with Crippen molar-refractivity contribution in [1.82, 2.24) is 5.32 Å². The van der Waals surface area contributed by atoms with E-state index < -0.39 is 0 Å². The number of carbonyl (C=O) groups is 1. The maximum absolute atomic E-state index is 12.7. The van der Waals surface area contributed by atoms with Gasteiger partial charge in [0.15, 0.2) is 0 Å². The molecule has 3 aromatic rings. The number of hydrogen-bond donors (Lipinski definition) is 1. The Morgan fingerprint density at radius 1 is 0.933 bits per heavy atom. The van der Waals surface area contributed by atoms with Gasteiger partial charge in [-0.05, 0) is 66.6 Å². The van der Waals surface area contributed by atoms with E-state index in [1.54, 1.807) is 0 Å². The van der Waals surface area contributed by atoms with Gasteiger partial charge in [-0.2, -0.15) is 0 Å². The highest BCUT2D eigenvalue weighted by atomic mass is 16.1. The summed E-state index contributed by atoms with van der Waals surface area (Å²) < 4.78 is 0. The standard InChI is InChI=1S/C27H30N2O/c1-20-7-6-18-29(19-20)26-16-14-22(15-17-26)21(2)28-27(30)25-12-10-24(11-13-25)23-8-4-3-5-9-23/h3-5,8-17,20-21H,6-7,18-19H2,1-2H3,(H,28,30)/t20-,21+/m1/s1. The second-order valence-electron chi connectivity index (χ2n) is 8.42. The van der Waals surface area contributed by atoms with E-state index in [1.807, 2.05) is 49.4 Å². The van der Waals surface area contributed by atoms with Gasteiger partial charge in [0.1, 0.15) is 0 Å². The van der Waals surface area contributed by atoms with Crippen molar-refractivity contribution in [2.24, 2.45) is 5.92 Å². The maximum Gasteiger partial charge on any atom is 0.251 e. The van der Waals surface area contributed by atoms with Crippen molar-refractivity contribution in [3.8, 4) is 11.1 Å². The fraction of sp³-hybridized carbons (Fsp3) is 0.296. The molecule has 0 aliphatic carbocycles. The maximum atomic E-state index is 12.7. The first kappa shape index (κ1) is 20.2. The lowest BCUT2D eigenvalue weighted by atomic mass is 9.99. The second-order valence-corrected chi connectivity index (χ2v) is 8.42. The minimum absolute atomic E-state index is 0.0411. The predicted octanol–water partition coefficient (Wildman–Crippen LogP) is 6.08. The van der Waals surface area contributed by atoms with Crippen LogP contribution in [0, 0.1) is 5.92 Å². The van der Waals surface area contributed by atoms with Crippen LogP contribution in [-0.2, 0) is 0 Å². The average molecular weight is 399 g/mol. The summed E-state index contributed by atoms with van der Waals surface area (Å²) in [7, 11) is 0. The normalized spacial score (nSPS) is 17.4. The van der Waals surface area contributed by atoms with Gasteiger partial charge in [0, 0.05) is 24.3 Å². The lowest BCUT2D eigenvalue weighted by Crippen LogP contribution is -2.34. The highest BCUT2D eigenvalue weighted by molar-refractivity contribution is 5.95. The second kappa shape index (κ2) is 9.17. The molecule has 3 aromatic carbocycles. The van der Waals surface area contributed by atoms with Crippen LogP contribution >= 0.6 is 0 Å². The van der Waals surface area contributed by atoms with Crippen molar-refractivity contribution in [2.45, 2.75) is 32.7 Å². The van der Waals surface area contributed by atoms with Crippen LogP contribution in [0.3, 0.4) is 0 Å². The van der Waals surface area contributed by atoms with Crippen molar-refractivity contribution in [3.63, 3.8) is 0 Å². The third-order valence-electron chi connectivity index (χ3n) is 6.02. The molecule has 2 atom stereocenters. The first-order valence-electron chi connectivity index (χ1n) is 10.9. The summed E-state index contributed by atoms with van der Waals surface area (Å²) in [6, 6.07) is 26.6. The summed E-state index contributed by atoms with van der Waals surface area (Å²) in [5, 5.41) is 3.13. The van der Waals surface area contributed by atoms with Crippen LogP contribution < -0.4 is 10.2 Å². The van der Waals surface area contributed by atoms with Gasteiger partial charge in [-0.3, -0.25) is 4.79 Å². The summed E-state index contributed by atoms with van der Waals surface area (Å²) in [6.45, 7) is 6.62. The molecular weight excluding hydrogens is 368 g/mol. The van der Waals surface area contributed by atoms with E-state index in [-0.39, 0.29) is 11.9 Å². The van der Waals surface area contributed by atoms with Gasteiger partial charge in [-0.15, -0.1) is 0 Å². The summed E-state index contributed by atoms with van der Waals surface area (Å²) in [5.41, 5.74) is 5.35. The smallest absolute Gasteiger partial charge is 0.251 e. The molecule has 30 heavy (non-hydrogen) atoms. The molecule has 1 heterocycles. The summed E-state index contributed by atoms with van der Waals surface area (Å²) in [4.78, 5) is 15.2. The van der Waals surface area contributed by atoms with Crippen LogP contribution in [0.15, 0.2) is 78.9 Å². The van der Waals surface area contributed by atoms with Crippen LogP contribution in [0.25, 0.3) is 11.1 Å². The predicted molar refractivity (Wildman–Crippen MR) is 125 cm³/mol. The van der Waals surface area contributed by atoms with E-state index in [1.165, 1.54) is 18.5 Å². The Morgan fingerprint density at radius 2 is 1.60 bits per heavy atom. The Labute approximate surface area is 179 Å². The minimum Gasteiger partial charge on any atom is -0.371 e. The van der Waals surface area contributed by atoms with Crippen LogP contribution in [0.1, 0.15) is 48.7 Å². The molecule has 1 aliphatic heterocycles. The number of carbonyl (C=O) groups excluding carboxylic acids is 1. The lowest BCUT2D eigenvalue weighted by Gasteiger charge is -2.33. The molecule has 3 heteroatoms. The fourth-order valence-corrected chi connectivity index (χ4v) is 4.21. The molecule has 0 spiro atoms. The van der Waals surface area contributed by atoms with Crippen LogP contribution in [0.4, 0.5) is 5.69 Å². The van der Waals surface area contributed by atoms with Gasteiger partial charge in [-0.25, -0.2) is 0 Å². The molecule has 0 bridgehead atoms. The topological polar surface area (TPSA) is 32.3 Å². The minimum atomic E-state index is -0.0453. The molecule has 1 saturated heterocycles. The monoisotopic (exact) mass is 398 g/mol. The molecule has 1 N–H and O–H groups in total. The van der Waals surface area contributed by atoms with Crippen molar-refractivity contribution < 1.29 is 4.79 Å². The molecule has 1 aliphatic rings. The number of nitrogens with one attached hydrogen (secondary N) is 1. The first-order chi connectivity index (χ1) is 14.6. The van der Waals surface area contributed by atoms with Gasteiger partial charge >= 0.3 is 0 Å². The zero-order chi connectivity index (χ0) is 20.9. The van der Waals surface area contributed by atoms with E-state index in [9.17, 15) is 4.79 Å². The van der Waals surface area contributed by atoms with E-state index in [0.29, 0.717) is 5.56 Å². The SMILES string of the molecule is C[C@@H]1CCCN(c2ccc([C@H](C)NC(=O)c3ccc(-c4ccccc4)cc3)cc2)C1. The van der Waals surface area contributed by atoms with E-state index in [2.05, 4.69) is 53.5 Å². The molecule has 154 valence electrons. The number of nitrogens with zero attached hydrogens (tertiary/aromatic N) is 1. The van der Waals surface area contributed by atoms with Gasteiger partial charge < -0.3 is 10.2 Å².